The van der Waals surface area contributed by atoms with Crippen LogP contribution in [0.4, 0.5) is 4.39 Å². The quantitative estimate of drug-likeness (QED) is 0.893. The molecule has 16 heavy (non-hydrogen) atoms. The summed E-state index contributed by atoms with van der Waals surface area (Å²) in [5.74, 6) is -0.156. The topological polar surface area (TPSA) is 12.0 Å². The third-order valence-electron chi connectivity index (χ3n) is 3.38. The molecule has 0 radical (unpaired) electrons. The Hall–Kier alpha value is -0.410. The van der Waals surface area contributed by atoms with Crippen LogP contribution in [0.1, 0.15) is 25.3 Å². The van der Waals surface area contributed by atoms with Crippen molar-refractivity contribution in [3.05, 3.63) is 34.1 Å². The Morgan fingerprint density at radius 2 is 2.19 bits per heavy atom. The molecule has 1 aromatic carbocycles. The average molecular weight is 286 g/mol. The molecule has 1 saturated heterocycles. The van der Waals surface area contributed by atoms with Gasteiger partial charge in [0.2, 0.25) is 0 Å². The van der Waals surface area contributed by atoms with Gasteiger partial charge in [0.05, 0.1) is 4.47 Å². The summed E-state index contributed by atoms with van der Waals surface area (Å²) in [6, 6.07) is 5.31. The second-order valence-corrected chi connectivity index (χ2v) is 5.54. The average Bonchev–Trinajstić information content (AvgIpc) is 2.21. The summed E-state index contributed by atoms with van der Waals surface area (Å²) in [6.07, 6.45) is 3.36. The molecule has 0 atom stereocenters. The third kappa shape index (κ3) is 2.30. The van der Waals surface area contributed by atoms with Gasteiger partial charge >= 0.3 is 0 Å². The summed E-state index contributed by atoms with van der Waals surface area (Å²) in [4.78, 5) is 0. The molecule has 1 aromatic rings. The van der Waals surface area contributed by atoms with E-state index in [9.17, 15) is 4.39 Å². The van der Waals surface area contributed by atoms with Crippen molar-refractivity contribution in [2.45, 2.75) is 26.2 Å². The van der Waals surface area contributed by atoms with Crippen LogP contribution in [0.3, 0.4) is 0 Å². The van der Waals surface area contributed by atoms with Crippen LogP contribution in [-0.2, 0) is 6.42 Å². The lowest BCUT2D eigenvalue weighted by Crippen LogP contribution is -2.54. The van der Waals surface area contributed by atoms with Crippen LogP contribution in [0.2, 0.25) is 0 Å². The fraction of sp³-hybridized carbons (Fsp3) is 0.538. The number of halogens is 2. The maximum atomic E-state index is 13.4. The number of hydrogen-bond donors (Lipinski definition) is 1. The lowest BCUT2D eigenvalue weighted by molar-refractivity contribution is 0.150. The second kappa shape index (κ2) is 4.84. The first-order valence-electron chi connectivity index (χ1n) is 5.80. The summed E-state index contributed by atoms with van der Waals surface area (Å²) >= 11 is 3.34. The van der Waals surface area contributed by atoms with Gasteiger partial charge < -0.3 is 5.32 Å². The molecule has 1 aliphatic heterocycles. The number of nitrogens with one attached hydrogen (secondary N) is 1. The molecule has 1 fully saturated rings. The Balaban J connectivity index is 2.16. The van der Waals surface area contributed by atoms with Gasteiger partial charge in [-0.05, 0) is 45.8 Å². The molecular weight excluding hydrogens is 269 g/mol. The molecule has 1 aliphatic rings. The standard InChI is InChI=1S/C13H17BrFN/c1-2-6-13(8-16-9-13)7-10-4-3-5-11(15)12(10)14/h3-5,16H,2,6-9H2,1H3. The van der Waals surface area contributed by atoms with E-state index in [0.717, 1.165) is 25.1 Å². The van der Waals surface area contributed by atoms with Crippen molar-refractivity contribution in [2.75, 3.05) is 13.1 Å². The summed E-state index contributed by atoms with van der Waals surface area (Å²) in [5.41, 5.74) is 1.44. The van der Waals surface area contributed by atoms with Gasteiger partial charge in [-0.1, -0.05) is 25.5 Å². The first-order chi connectivity index (χ1) is 7.67. The van der Waals surface area contributed by atoms with Gasteiger partial charge in [0.25, 0.3) is 0 Å². The fourth-order valence-corrected chi connectivity index (χ4v) is 2.89. The zero-order valence-electron chi connectivity index (χ0n) is 9.52. The zero-order chi connectivity index (χ0) is 11.6. The molecule has 2 rings (SSSR count). The molecule has 1 nitrogen and oxygen atoms in total. The zero-order valence-corrected chi connectivity index (χ0v) is 11.1. The fourth-order valence-electron chi connectivity index (χ4n) is 2.49. The highest BCUT2D eigenvalue weighted by atomic mass is 79.9. The smallest absolute Gasteiger partial charge is 0.137 e. The minimum Gasteiger partial charge on any atom is -0.316 e. The minimum atomic E-state index is -0.156. The Kier molecular flexibility index (Phi) is 3.65. The maximum absolute atomic E-state index is 13.4. The Labute approximate surface area is 105 Å². The highest BCUT2D eigenvalue weighted by Gasteiger charge is 2.36. The van der Waals surface area contributed by atoms with E-state index >= 15 is 0 Å². The van der Waals surface area contributed by atoms with Crippen LogP contribution in [0.5, 0.6) is 0 Å². The normalized spacial score (nSPS) is 18.2. The molecule has 88 valence electrons. The first-order valence-corrected chi connectivity index (χ1v) is 6.60. The van der Waals surface area contributed by atoms with Gasteiger partial charge in [0, 0.05) is 13.1 Å². The molecule has 3 heteroatoms. The van der Waals surface area contributed by atoms with Gasteiger partial charge in [0.1, 0.15) is 5.82 Å². The van der Waals surface area contributed by atoms with E-state index in [0.29, 0.717) is 9.89 Å². The van der Waals surface area contributed by atoms with Gasteiger partial charge in [-0.25, -0.2) is 4.39 Å². The van der Waals surface area contributed by atoms with Crippen molar-refractivity contribution in [2.24, 2.45) is 5.41 Å². The Morgan fingerprint density at radius 3 is 2.75 bits per heavy atom. The predicted molar refractivity (Wildman–Crippen MR) is 68.0 cm³/mol. The highest BCUT2D eigenvalue weighted by molar-refractivity contribution is 9.10. The van der Waals surface area contributed by atoms with Crippen molar-refractivity contribution >= 4 is 15.9 Å². The molecule has 0 bridgehead atoms. The van der Waals surface area contributed by atoms with E-state index in [2.05, 4.69) is 28.2 Å². The van der Waals surface area contributed by atoms with Crippen LogP contribution < -0.4 is 5.32 Å². The molecule has 0 spiro atoms. The summed E-state index contributed by atoms with van der Waals surface area (Å²) in [6.45, 7) is 4.33. The number of hydrogen-bond acceptors (Lipinski definition) is 1. The molecule has 0 unspecified atom stereocenters. The van der Waals surface area contributed by atoms with Crippen LogP contribution in [0.15, 0.2) is 22.7 Å². The van der Waals surface area contributed by atoms with E-state index < -0.39 is 0 Å². The number of rotatable bonds is 4. The van der Waals surface area contributed by atoms with Crippen LogP contribution >= 0.6 is 15.9 Å². The SMILES string of the molecule is CCCC1(Cc2cccc(F)c2Br)CNC1. The maximum Gasteiger partial charge on any atom is 0.137 e. The molecule has 0 aliphatic carbocycles. The van der Waals surface area contributed by atoms with Gasteiger partial charge in [0.15, 0.2) is 0 Å². The van der Waals surface area contributed by atoms with E-state index in [4.69, 9.17) is 0 Å². The van der Waals surface area contributed by atoms with Crippen molar-refractivity contribution in [3.63, 3.8) is 0 Å². The van der Waals surface area contributed by atoms with Gasteiger partial charge in [-0.2, -0.15) is 0 Å². The second-order valence-electron chi connectivity index (χ2n) is 4.74. The summed E-state index contributed by atoms with van der Waals surface area (Å²) < 4.78 is 14.0. The van der Waals surface area contributed by atoms with Crippen LogP contribution in [0.25, 0.3) is 0 Å². The van der Waals surface area contributed by atoms with Crippen molar-refractivity contribution in [1.29, 1.82) is 0 Å². The van der Waals surface area contributed by atoms with Crippen LogP contribution in [-0.4, -0.2) is 13.1 Å². The van der Waals surface area contributed by atoms with Crippen molar-refractivity contribution in [3.8, 4) is 0 Å². The summed E-state index contributed by atoms with van der Waals surface area (Å²) in [7, 11) is 0. The van der Waals surface area contributed by atoms with Gasteiger partial charge in [-0.3, -0.25) is 0 Å². The molecule has 1 N–H and O–H groups in total. The monoisotopic (exact) mass is 285 g/mol. The lowest BCUT2D eigenvalue weighted by Gasteiger charge is -2.43. The molecule has 0 aromatic heterocycles. The van der Waals surface area contributed by atoms with E-state index in [1.54, 1.807) is 6.07 Å². The molecule has 0 amide bonds. The predicted octanol–water partition coefficient (Wildman–Crippen LogP) is 3.52. The third-order valence-corrected chi connectivity index (χ3v) is 4.27. The van der Waals surface area contributed by atoms with Gasteiger partial charge in [-0.15, -0.1) is 0 Å². The lowest BCUT2D eigenvalue weighted by atomic mass is 9.73. The van der Waals surface area contributed by atoms with Crippen LogP contribution in [0, 0.1) is 11.2 Å². The minimum absolute atomic E-state index is 0.156. The highest BCUT2D eigenvalue weighted by Crippen LogP contribution is 2.35. The molecule has 1 heterocycles. The molecular formula is C13H17BrFN. The van der Waals surface area contributed by atoms with E-state index in [-0.39, 0.29) is 5.82 Å². The Morgan fingerprint density at radius 1 is 1.44 bits per heavy atom. The summed E-state index contributed by atoms with van der Waals surface area (Å²) in [5, 5.41) is 3.33. The molecule has 0 saturated carbocycles. The van der Waals surface area contributed by atoms with Crippen molar-refractivity contribution in [1.82, 2.24) is 5.32 Å². The Bertz CT molecular complexity index is 374. The van der Waals surface area contributed by atoms with Crippen molar-refractivity contribution < 1.29 is 4.39 Å². The first kappa shape index (κ1) is 12.1. The van der Waals surface area contributed by atoms with E-state index in [1.165, 1.54) is 18.9 Å². The van der Waals surface area contributed by atoms with E-state index in [1.807, 2.05) is 6.07 Å². The largest absolute Gasteiger partial charge is 0.316 e. The number of benzene rings is 1.